The first-order chi connectivity index (χ1) is 15.5. The number of carbonyl (C=O) groups excluding carboxylic acids is 2. The highest BCUT2D eigenvalue weighted by Crippen LogP contribution is 2.28. The van der Waals surface area contributed by atoms with Gasteiger partial charge in [0.05, 0.1) is 32.3 Å². The lowest BCUT2D eigenvalue weighted by atomic mass is 9.85. The van der Waals surface area contributed by atoms with Crippen LogP contribution in [0.15, 0.2) is 29.8 Å². The van der Waals surface area contributed by atoms with Crippen molar-refractivity contribution < 1.29 is 14.7 Å². The number of aromatic nitrogens is 1. The molecule has 7 nitrogen and oxygen atoms in total. The van der Waals surface area contributed by atoms with Crippen molar-refractivity contribution in [2.24, 2.45) is 5.41 Å². The van der Waals surface area contributed by atoms with Crippen LogP contribution in [0.3, 0.4) is 0 Å². The lowest BCUT2D eigenvalue weighted by molar-refractivity contribution is -0.142. The molecule has 1 aliphatic heterocycles. The number of aliphatic hydroxyl groups is 1. The van der Waals surface area contributed by atoms with Crippen molar-refractivity contribution in [3.05, 3.63) is 41.0 Å². The molecule has 9 heteroatoms. The molecule has 2 heterocycles. The number of nitrogens with zero attached hydrogens (tertiary/aromatic N) is 2. The van der Waals surface area contributed by atoms with Gasteiger partial charge in [-0.1, -0.05) is 67.6 Å². The van der Waals surface area contributed by atoms with Crippen molar-refractivity contribution >= 4 is 45.7 Å². The van der Waals surface area contributed by atoms with Gasteiger partial charge in [0, 0.05) is 19.5 Å². The fourth-order valence-corrected chi connectivity index (χ4v) is 5.22. The van der Waals surface area contributed by atoms with Crippen molar-refractivity contribution in [2.75, 3.05) is 6.54 Å². The molecule has 1 aromatic heterocycles. The molecule has 0 radical (unpaired) electrons. The number of thiazole rings is 1. The summed E-state index contributed by atoms with van der Waals surface area (Å²) in [6.45, 7) is 10.5. The van der Waals surface area contributed by atoms with E-state index in [4.69, 9.17) is 0 Å². The Bertz CT molecular complexity index is 971. The van der Waals surface area contributed by atoms with Crippen LogP contribution in [0.2, 0.25) is 0 Å². The molecule has 33 heavy (non-hydrogen) atoms. The molecule has 3 rings (SSSR count). The highest BCUT2D eigenvalue weighted by atomic mass is 127. The van der Waals surface area contributed by atoms with E-state index >= 15 is 0 Å². The predicted octanol–water partition coefficient (Wildman–Crippen LogP) is 3.48. The van der Waals surface area contributed by atoms with Crippen molar-refractivity contribution in [2.45, 2.75) is 69.8 Å². The standard InChI is InChI=1S/C24H33IN4O3S/c1-14-20(33-13-27-14)17-8-6-16(7-9-17)11-26-22(31)19-10-18(30)12-29(19)23(32)21(24(3,4)5)28-15(2)25/h6-9,13,15,18-19,21,28,30H,10-12H2,1-5H3,(H,26,31)/t15?,18-,19?,21-/m1/s1. The molecular weight excluding hydrogens is 551 g/mol. The van der Waals surface area contributed by atoms with Gasteiger partial charge in [-0.3, -0.25) is 14.9 Å². The average molecular weight is 585 g/mol. The molecule has 2 unspecified atom stereocenters. The number of β-amino-alcohol motifs (C(OH)–C–C–N with tert-alkyl or cyclic N) is 1. The summed E-state index contributed by atoms with van der Waals surface area (Å²) >= 11 is 3.84. The zero-order valence-corrected chi connectivity index (χ0v) is 22.7. The summed E-state index contributed by atoms with van der Waals surface area (Å²) in [5.74, 6) is -0.385. The summed E-state index contributed by atoms with van der Waals surface area (Å²) in [6.07, 6.45) is -0.457. The Morgan fingerprint density at radius 3 is 2.52 bits per heavy atom. The number of amides is 2. The van der Waals surface area contributed by atoms with E-state index in [9.17, 15) is 14.7 Å². The van der Waals surface area contributed by atoms with Crippen LogP contribution in [-0.2, 0) is 16.1 Å². The summed E-state index contributed by atoms with van der Waals surface area (Å²) in [7, 11) is 0. The van der Waals surface area contributed by atoms with Crippen LogP contribution in [-0.4, -0.2) is 55.6 Å². The first-order valence-electron chi connectivity index (χ1n) is 11.1. The second-order valence-electron chi connectivity index (χ2n) is 9.66. The van der Waals surface area contributed by atoms with Crippen molar-refractivity contribution in [3.8, 4) is 10.4 Å². The van der Waals surface area contributed by atoms with Crippen molar-refractivity contribution in [1.82, 2.24) is 20.5 Å². The molecular formula is C24H33IN4O3S. The maximum absolute atomic E-state index is 13.4. The Hall–Kier alpha value is -1.56. The Kier molecular flexibility index (Phi) is 8.52. The Morgan fingerprint density at radius 1 is 1.30 bits per heavy atom. The van der Waals surface area contributed by atoms with Gasteiger partial charge in [0.2, 0.25) is 11.8 Å². The van der Waals surface area contributed by atoms with E-state index in [1.165, 1.54) is 4.90 Å². The summed E-state index contributed by atoms with van der Waals surface area (Å²) in [6, 6.07) is 6.91. The van der Waals surface area contributed by atoms with E-state index in [0.717, 1.165) is 21.7 Å². The van der Waals surface area contributed by atoms with Crippen LogP contribution in [0.1, 0.15) is 45.4 Å². The topological polar surface area (TPSA) is 94.6 Å². The molecule has 1 fully saturated rings. The average Bonchev–Trinajstić information content (AvgIpc) is 3.35. The van der Waals surface area contributed by atoms with E-state index in [-0.39, 0.29) is 34.2 Å². The van der Waals surface area contributed by atoms with Gasteiger partial charge in [0.1, 0.15) is 6.04 Å². The fourth-order valence-electron chi connectivity index (χ4n) is 4.05. The van der Waals surface area contributed by atoms with Gasteiger partial charge in [-0.15, -0.1) is 11.3 Å². The number of hydrogen-bond donors (Lipinski definition) is 3. The Balaban J connectivity index is 1.66. The molecule has 1 aliphatic rings. The fraction of sp³-hybridized carbons (Fsp3) is 0.542. The molecule has 0 bridgehead atoms. The quantitative estimate of drug-likeness (QED) is 0.263. The highest BCUT2D eigenvalue weighted by Gasteiger charge is 2.44. The molecule has 1 aromatic carbocycles. The van der Waals surface area contributed by atoms with Gasteiger partial charge in [0.15, 0.2) is 0 Å². The maximum Gasteiger partial charge on any atom is 0.243 e. The van der Waals surface area contributed by atoms with Crippen LogP contribution >= 0.6 is 33.9 Å². The molecule has 0 saturated carbocycles. The number of aliphatic hydroxyl groups excluding tert-OH is 1. The lowest BCUT2D eigenvalue weighted by Gasteiger charge is -2.36. The summed E-state index contributed by atoms with van der Waals surface area (Å²) in [5.41, 5.74) is 4.58. The monoisotopic (exact) mass is 584 g/mol. The largest absolute Gasteiger partial charge is 0.391 e. The first kappa shape index (κ1) is 26.1. The van der Waals surface area contributed by atoms with Gasteiger partial charge in [-0.05, 0) is 30.4 Å². The summed E-state index contributed by atoms with van der Waals surface area (Å²) in [4.78, 5) is 33.4. The van der Waals surface area contributed by atoms with Gasteiger partial charge >= 0.3 is 0 Å². The Labute approximate surface area is 213 Å². The van der Waals surface area contributed by atoms with Gasteiger partial charge in [-0.25, -0.2) is 4.98 Å². The van der Waals surface area contributed by atoms with E-state index in [1.807, 2.05) is 64.4 Å². The maximum atomic E-state index is 13.4. The second-order valence-corrected chi connectivity index (χ2v) is 12.4. The normalized spacial score (nSPS) is 20.5. The predicted molar refractivity (Wildman–Crippen MR) is 140 cm³/mol. The number of hydrogen-bond acceptors (Lipinski definition) is 6. The van der Waals surface area contributed by atoms with Crippen LogP contribution in [0.5, 0.6) is 0 Å². The molecule has 2 amide bonds. The van der Waals surface area contributed by atoms with Crippen molar-refractivity contribution in [1.29, 1.82) is 0 Å². The van der Waals surface area contributed by atoms with E-state index in [2.05, 4.69) is 38.2 Å². The number of aryl methyl sites for hydroxylation is 1. The minimum Gasteiger partial charge on any atom is -0.391 e. The molecule has 2 aromatic rings. The molecule has 3 N–H and O–H groups in total. The smallest absolute Gasteiger partial charge is 0.243 e. The minimum atomic E-state index is -0.704. The van der Waals surface area contributed by atoms with E-state index in [0.29, 0.717) is 6.54 Å². The number of halogens is 1. The highest BCUT2D eigenvalue weighted by molar-refractivity contribution is 14.1. The van der Waals surface area contributed by atoms with E-state index in [1.54, 1.807) is 11.3 Å². The summed E-state index contributed by atoms with van der Waals surface area (Å²) in [5, 5.41) is 16.5. The van der Waals surface area contributed by atoms with Crippen molar-refractivity contribution in [3.63, 3.8) is 0 Å². The molecule has 180 valence electrons. The number of likely N-dealkylation sites (tertiary alicyclic amines) is 1. The number of benzene rings is 1. The van der Waals surface area contributed by atoms with Crippen LogP contribution < -0.4 is 10.6 Å². The molecule has 1 saturated heterocycles. The SMILES string of the molecule is Cc1ncsc1-c1ccc(CNC(=O)C2C[C@@H](O)CN2C(=O)[C@@H](NC(C)I)C(C)(C)C)cc1. The second kappa shape index (κ2) is 10.8. The Morgan fingerprint density at radius 2 is 1.97 bits per heavy atom. The lowest BCUT2D eigenvalue weighted by Crippen LogP contribution is -2.57. The van der Waals surface area contributed by atoms with Gasteiger partial charge in [0.25, 0.3) is 0 Å². The molecule has 0 spiro atoms. The number of alkyl halides is 1. The zero-order valence-electron chi connectivity index (χ0n) is 19.8. The van der Waals surface area contributed by atoms with Crippen LogP contribution in [0.25, 0.3) is 10.4 Å². The van der Waals surface area contributed by atoms with Crippen LogP contribution in [0.4, 0.5) is 0 Å². The third-order valence-corrected chi connectivity index (χ3v) is 7.14. The molecule has 0 aliphatic carbocycles. The van der Waals surface area contributed by atoms with Crippen LogP contribution in [0, 0.1) is 12.3 Å². The third-order valence-electron chi connectivity index (χ3n) is 5.80. The van der Waals surface area contributed by atoms with Gasteiger partial charge in [-0.2, -0.15) is 0 Å². The zero-order chi connectivity index (χ0) is 24.3. The number of nitrogens with one attached hydrogen (secondary N) is 2. The number of rotatable bonds is 7. The minimum absolute atomic E-state index is 0.0901. The first-order valence-corrected chi connectivity index (χ1v) is 13.3. The van der Waals surface area contributed by atoms with Gasteiger partial charge < -0.3 is 15.3 Å². The molecule has 4 atom stereocenters. The number of carbonyl (C=O) groups is 2. The van der Waals surface area contributed by atoms with E-state index < -0.39 is 18.2 Å². The third kappa shape index (κ3) is 6.52. The summed E-state index contributed by atoms with van der Waals surface area (Å²) < 4.78 is 0.0901.